The van der Waals surface area contributed by atoms with Crippen molar-refractivity contribution in [1.82, 2.24) is 0 Å². The van der Waals surface area contributed by atoms with E-state index in [1.165, 1.54) is 18.2 Å². The highest BCUT2D eigenvalue weighted by Crippen LogP contribution is 2.32. The maximum absolute atomic E-state index is 12.8. The van der Waals surface area contributed by atoms with Crippen LogP contribution < -0.4 is 9.47 Å². The number of halogens is 5. The number of rotatable bonds is 5. The molecule has 0 aliphatic carbocycles. The molecular weight excluding hydrogens is 1030 g/mol. The zero-order valence-electron chi connectivity index (χ0n) is 15.0. The van der Waals surface area contributed by atoms with Gasteiger partial charge >= 0.3 is 11.9 Å². The maximum atomic E-state index is 12.8. The van der Waals surface area contributed by atoms with Gasteiger partial charge in [0.05, 0.1) is 17.6 Å². The average molecular weight is 1030 g/mol. The predicted octanol–water partition coefficient (Wildman–Crippen LogP) is 6.11. The molecule has 0 atom stereocenters. The van der Waals surface area contributed by atoms with Gasteiger partial charge in [0.2, 0.25) is 0 Å². The molecule has 14 heteroatoms. The Labute approximate surface area is 254 Å². The van der Waals surface area contributed by atoms with Crippen molar-refractivity contribution in [2.24, 2.45) is 0 Å². The lowest BCUT2D eigenvalue weighted by atomic mass is 10.2. The lowest BCUT2D eigenvalue weighted by Gasteiger charge is -2.13. The zero-order chi connectivity index (χ0) is 23.8. The van der Waals surface area contributed by atoms with Crippen molar-refractivity contribution >= 4 is 146 Å². The van der Waals surface area contributed by atoms with Crippen LogP contribution >= 0.6 is 124 Å². The molecule has 0 unspecified atom stereocenters. The fourth-order valence-corrected chi connectivity index (χ4v) is 10.9. The van der Waals surface area contributed by atoms with E-state index >= 15 is 0 Å². The molecule has 168 valence electrons. The third-order valence-corrected chi connectivity index (χ3v) is 10.2. The van der Waals surface area contributed by atoms with E-state index in [0.717, 1.165) is 22.0 Å². The van der Waals surface area contributed by atoms with E-state index in [2.05, 4.69) is 67.8 Å². The average Bonchev–Trinajstić information content (AvgIpc) is 3.12. The monoisotopic (exact) mass is 1030 g/mol. The number of hydrogen-bond acceptors (Lipinski definition) is 8. The van der Waals surface area contributed by atoms with E-state index in [4.69, 9.17) is 9.47 Å². The van der Waals surface area contributed by atoms with Gasteiger partial charge in [0.15, 0.2) is 5.75 Å². The smallest absolute Gasteiger partial charge is 0.354 e. The Hall–Kier alpha value is 0.640. The first-order valence-electron chi connectivity index (χ1n) is 8.00. The molecule has 0 aliphatic rings. The molecule has 0 fully saturated rings. The van der Waals surface area contributed by atoms with Crippen molar-refractivity contribution < 1.29 is 32.0 Å². The van der Waals surface area contributed by atoms with Crippen LogP contribution in [0.4, 0.5) is 0 Å². The molecule has 0 saturated carbocycles. The summed E-state index contributed by atoms with van der Waals surface area (Å²) in [7, 11) is -4.68. The Morgan fingerprint density at radius 2 is 1.41 bits per heavy atom. The summed E-state index contributed by atoms with van der Waals surface area (Å²) in [6.07, 6.45) is 0. The minimum atomic E-state index is -4.68. The van der Waals surface area contributed by atoms with Crippen LogP contribution in [-0.2, 0) is 10.1 Å². The maximum Gasteiger partial charge on any atom is 0.354 e. The number of esters is 2. The topological polar surface area (TPSA) is 110 Å². The van der Waals surface area contributed by atoms with E-state index in [0.29, 0.717) is 5.75 Å². The van der Waals surface area contributed by atoms with Crippen molar-refractivity contribution in [3.8, 4) is 11.5 Å². The van der Waals surface area contributed by atoms with E-state index in [9.17, 15) is 22.6 Å². The summed E-state index contributed by atoms with van der Waals surface area (Å²) < 4.78 is 47.9. The first-order valence-corrected chi connectivity index (χ1v) is 15.7. The highest BCUT2D eigenvalue weighted by molar-refractivity contribution is 14.1. The summed E-state index contributed by atoms with van der Waals surface area (Å²) in [6, 6.07) is 7.72. The summed E-state index contributed by atoms with van der Waals surface area (Å²) in [6.45, 7) is 0. The van der Waals surface area contributed by atoms with Gasteiger partial charge in [-0.25, -0.2) is 18.0 Å². The molecule has 0 spiro atoms. The van der Waals surface area contributed by atoms with Crippen LogP contribution in [0, 0.1) is 17.9 Å². The van der Waals surface area contributed by atoms with Crippen molar-refractivity contribution in [3.63, 3.8) is 0 Å². The van der Waals surface area contributed by atoms with Gasteiger partial charge in [-0.3, -0.25) is 0 Å². The van der Waals surface area contributed by atoms with Gasteiger partial charge in [-0.2, -0.15) is 0 Å². The molecule has 0 N–H and O–H groups in total. The lowest BCUT2D eigenvalue weighted by Crippen LogP contribution is -2.16. The van der Waals surface area contributed by atoms with Gasteiger partial charge in [0.25, 0.3) is 0 Å². The summed E-state index contributed by atoms with van der Waals surface area (Å²) >= 11 is 10.7. The molecule has 0 bridgehead atoms. The van der Waals surface area contributed by atoms with Crippen molar-refractivity contribution in [1.29, 1.82) is 0 Å². The van der Waals surface area contributed by atoms with E-state index in [1.54, 1.807) is 50.6 Å². The normalized spacial score (nSPS) is 11.3. The molecular formula is C18H6I5O7S2-. The Morgan fingerprint density at radius 3 is 1.94 bits per heavy atom. The summed E-state index contributed by atoms with van der Waals surface area (Å²) in [4.78, 5) is 25.2. The van der Waals surface area contributed by atoms with Gasteiger partial charge in [-0.1, -0.05) is 0 Å². The third kappa shape index (κ3) is 6.44. The fourth-order valence-electron chi connectivity index (χ4n) is 2.39. The van der Waals surface area contributed by atoms with Gasteiger partial charge in [-0.15, -0.1) is 11.3 Å². The second kappa shape index (κ2) is 11.1. The van der Waals surface area contributed by atoms with Crippen molar-refractivity contribution in [2.75, 3.05) is 0 Å². The van der Waals surface area contributed by atoms with Crippen LogP contribution in [0.3, 0.4) is 0 Å². The molecule has 3 aromatic rings. The largest absolute Gasteiger partial charge is 0.744 e. The minimum absolute atomic E-state index is 0.0149. The van der Waals surface area contributed by atoms with E-state index < -0.39 is 22.1 Å². The molecule has 0 amide bonds. The fraction of sp³-hybridized carbons (Fsp3) is 0. The second-order valence-electron chi connectivity index (χ2n) is 5.81. The molecule has 3 rings (SSSR count). The van der Waals surface area contributed by atoms with Crippen molar-refractivity contribution in [2.45, 2.75) is 4.90 Å². The first kappa shape index (κ1) is 27.2. The van der Waals surface area contributed by atoms with Crippen LogP contribution in [0.5, 0.6) is 11.5 Å². The number of thiophene rings is 1. The van der Waals surface area contributed by atoms with Gasteiger partial charge in [0, 0.05) is 10.7 Å². The molecule has 2 aromatic carbocycles. The number of benzene rings is 2. The highest BCUT2D eigenvalue weighted by atomic mass is 127. The Kier molecular flexibility index (Phi) is 9.48. The highest BCUT2D eigenvalue weighted by Gasteiger charge is 2.24. The quantitative estimate of drug-likeness (QED) is 0.131. The van der Waals surface area contributed by atoms with Gasteiger partial charge in [0.1, 0.15) is 20.7 Å². The Morgan fingerprint density at radius 1 is 0.844 bits per heavy atom. The molecule has 7 nitrogen and oxygen atoms in total. The molecule has 1 aromatic heterocycles. The number of ether oxygens (including phenoxy) is 2. The van der Waals surface area contributed by atoms with Gasteiger partial charge < -0.3 is 14.0 Å². The SMILES string of the molecule is O=C(Oc1cc(I)c(S(=O)(=O)[O-])c(I)c1)c1ccsc1C(=O)Oc1c(I)cc(I)cc1I. The summed E-state index contributed by atoms with van der Waals surface area (Å²) in [5.41, 5.74) is 0.0149. The zero-order valence-corrected chi connectivity index (χ0v) is 27.4. The molecule has 0 radical (unpaired) electrons. The number of carbonyl (C=O) groups is 2. The standard InChI is InChI=1S/C18H7I5O7S2/c19-7-3-10(20)14(11(21)4-7)30-18(25)15-9(1-2-31-15)17(24)29-8-5-12(22)16(13(23)6-8)32(26,27)28/h1-6H,(H,26,27,28)/p-1. The molecule has 0 aliphatic heterocycles. The van der Waals surface area contributed by atoms with Crippen molar-refractivity contribution in [3.05, 3.63) is 64.0 Å². The Bertz CT molecular complexity index is 1310. The molecule has 1 heterocycles. The molecule has 32 heavy (non-hydrogen) atoms. The second-order valence-corrected chi connectivity index (χ2v) is 13.9. The van der Waals surface area contributed by atoms with Crippen LogP contribution in [0.25, 0.3) is 0 Å². The van der Waals surface area contributed by atoms with Gasteiger partial charge in [-0.05, 0) is 149 Å². The summed E-state index contributed by atoms with van der Waals surface area (Å²) in [5, 5.41) is 1.57. The third-order valence-electron chi connectivity index (χ3n) is 3.66. The van der Waals surface area contributed by atoms with E-state index in [1.807, 2.05) is 12.1 Å². The van der Waals surface area contributed by atoms with Crippen LogP contribution in [-0.4, -0.2) is 24.9 Å². The van der Waals surface area contributed by atoms with Crippen LogP contribution in [0.2, 0.25) is 0 Å². The van der Waals surface area contributed by atoms with E-state index in [-0.39, 0.29) is 28.2 Å². The number of carbonyl (C=O) groups excluding carboxylic acids is 2. The first-order chi connectivity index (χ1) is 14.9. The Balaban J connectivity index is 1.86. The summed E-state index contributed by atoms with van der Waals surface area (Å²) in [5.74, 6) is -1.05. The minimum Gasteiger partial charge on any atom is -0.744 e. The van der Waals surface area contributed by atoms with Crippen LogP contribution in [0.1, 0.15) is 20.0 Å². The molecule has 0 saturated heterocycles. The lowest BCUT2D eigenvalue weighted by molar-refractivity contribution is 0.0695. The van der Waals surface area contributed by atoms with Crippen LogP contribution in [0.15, 0.2) is 40.6 Å². The number of hydrogen-bond donors (Lipinski definition) is 0. The predicted molar refractivity (Wildman–Crippen MR) is 159 cm³/mol.